The molecule has 2 N–H and O–H groups in total. The summed E-state index contributed by atoms with van der Waals surface area (Å²) >= 11 is 0. The molecule has 0 spiro atoms. The number of pyridine rings is 1. The molecule has 3 heterocycles. The number of methoxy groups -OCH3 is 1. The highest BCUT2D eigenvalue weighted by atomic mass is 16.5. The number of ether oxygens (including phenoxy) is 1. The molecule has 5 nitrogen and oxygen atoms in total. The van der Waals surface area contributed by atoms with Crippen LogP contribution in [0.2, 0.25) is 0 Å². The zero-order chi connectivity index (χ0) is 18.4. The van der Waals surface area contributed by atoms with E-state index in [9.17, 15) is 4.79 Å². The molecule has 0 saturated carbocycles. The van der Waals surface area contributed by atoms with Gasteiger partial charge in [-0.05, 0) is 29.3 Å². The summed E-state index contributed by atoms with van der Waals surface area (Å²) in [7, 11) is 1.44. The Labute approximate surface area is 156 Å². The molecule has 27 heavy (non-hydrogen) atoms. The maximum absolute atomic E-state index is 12.4. The fourth-order valence-electron chi connectivity index (χ4n) is 4.14. The van der Waals surface area contributed by atoms with Crippen LogP contribution in [0.3, 0.4) is 0 Å². The van der Waals surface area contributed by atoms with E-state index in [1.807, 2.05) is 42.6 Å². The normalized spacial score (nSPS) is 19.1. The van der Waals surface area contributed by atoms with Crippen molar-refractivity contribution < 1.29 is 9.53 Å². The summed E-state index contributed by atoms with van der Waals surface area (Å²) in [6, 6.07) is 17.8. The molecule has 2 aromatic heterocycles. The third kappa shape index (κ3) is 2.51. The summed E-state index contributed by atoms with van der Waals surface area (Å²) in [4.78, 5) is 20.4. The molecule has 0 fully saturated rings. The van der Waals surface area contributed by atoms with Crippen LogP contribution in [0, 0.1) is 0 Å². The van der Waals surface area contributed by atoms with E-state index in [1.165, 1.54) is 12.7 Å². The van der Waals surface area contributed by atoms with Crippen molar-refractivity contribution in [2.45, 2.75) is 18.5 Å². The van der Waals surface area contributed by atoms with Crippen LogP contribution in [0.5, 0.6) is 0 Å². The molecular weight excluding hydrogens is 338 g/mol. The Kier molecular flexibility index (Phi) is 3.69. The lowest BCUT2D eigenvalue weighted by Crippen LogP contribution is -2.45. The van der Waals surface area contributed by atoms with Crippen LogP contribution < -0.4 is 5.32 Å². The van der Waals surface area contributed by atoms with Gasteiger partial charge in [-0.15, -0.1) is 0 Å². The van der Waals surface area contributed by atoms with Crippen molar-refractivity contribution in [3.63, 3.8) is 0 Å². The molecule has 0 bridgehead atoms. The van der Waals surface area contributed by atoms with Crippen LogP contribution in [-0.4, -0.2) is 29.1 Å². The van der Waals surface area contributed by atoms with Gasteiger partial charge in [0.1, 0.15) is 6.04 Å². The number of nitrogens with zero attached hydrogens (tertiary/aromatic N) is 1. The number of carbonyl (C=O) groups excluding carboxylic acids is 1. The molecule has 2 atom stereocenters. The average Bonchev–Trinajstić information content (AvgIpc) is 3.11. The fourth-order valence-corrected chi connectivity index (χ4v) is 4.14. The standard InChI is InChI=1S/C22H19N3O2/c1-27-22(26)19-12-16-14-7-3-5-9-18(14)24-21(16)20(25-19)15-10-11-23-17-8-4-2-6-13(15)17/h2-11,19-20,24-25H,12H2,1H3. The summed E-state index contributed by atoms with van der Waals surface area (Å²) in [6.07, 6.45) is 2.43. The molecule has 0 aliphatic carbocycles. The Balaban J connectivity index is 1.75. The number of nitrogens with one attached hydrogen (secondary N) is 2. The second-order valence-corrected chi connectivity index (χ2v) is 6.86. The largest absolute Gasteiger partial charge is 0.468 e. The summed E-state index contributed by atoms with van der Waals surface area (Å²) in [6.45, 7) is 0. The van der Waals surface area contributed by atoms with Crippen molar-refractivity contribution in [3.05, 3.63) is 77.6 Å². The quantitative estimate of drug-likeness (QED) is 0.539. The molecule has 1 aliphatic rings. The first kappa shape index (κ1) is 16.0. The molecule has 1 aliphatic heterocycles. The van der Waals surface area contributed by atoms with E-state index in [-0.39, 0.29) is 12.0 Å². The monoisotopic (exact) mass is 357 g/mol. The van der Waals surface area contributed by atoms with Gasteiger partial charge in [0, 0.05) is 34.6 Å². The van der Waals surface area contributed by atoms with Gasteiger partial charge in [0.25, 0.3) is 0 Å². The minimum absolute atomic E-state index is 0.141. The van der Waals surface area contributed by atoms with E-state index < -0.39 is 6.04 Å². The number of H-pyrrole nitrogens is 1. The summed E-state index contributed by atoms with van der Waals surface area (Å²) < 4.78 is 5.04. The minimum atomic E-state index is -0.390. The first-order valence-corrected chi connectivity index (χ1v) is 9.03. The van der Waals surface area contributed by atoms with Gasteiger partial charge in [0.05, 0.1) is 18.7 Å². The van der Waals surface area contributed by atoms with Crippen molar-refractivity contribution in [2.75, 3.05) is 7.11 Å². The highest BCUT2D eigenvalue weighted by molar-refractivity contribution is 5.89. The van der Waals surface area contributed by atoms with Crippen molar-refractivity contribution in [1.29, 1.82) is 0 Å². The van der Waals surface area contributed by atoms with Gasteiger partial charge >= 0.3 is 5.97 Å². The van der Waals surface area contributed by atoms with E-state index >= 15 is 0 Å². The summed E-state index contributed by atoms with van der Waals surface area (Å²) in [5.41, 5.74) is 5.40. The van der Waals surface area contributed by atoms with E-state index in [0.29, 0.717) is 6.42 Å². The number of para-hydroxylation sites is 2. The molecule has 2 aromatic carbocycles. The topological polar surface area (TPSA) is 67.0 Å². The van der Waals surface area contributed by atoms with Crippen molar-refractivity contribution in [1.82, 2.24) is 15.3 Å². The van der Waals surface area contributed by atoms with Gasteiger partial charge in [-0.3, -0.25) is 15.1 Å². The van der Waals surface area contributed by atoms with E-state index in [2.05, 4.69) is 33.5 Å². The molecule has 0 amide bonds. The van der Waals surface area contributed by atoms with Crippen molar-refractivity contribution >= 4 is 27.8 Å². The maximum Gasteiger partial charge on any atom is 0.323 e. The molecule has 5 heteroatoms. The van der Waals surface area contributed by atoms with Gasteiger partial charge < -0.3 is 9.72 Å². The fraction of sp³-hybridized carbons (Fsp3) is 0.182. The molecule has 0 radical (unpaired) electrons. The number of fused-ring (bicyclic) bond motifs is 4. The van der Waals surface area contributed by atoms with E-state index in [0.717, 1.165) is 33.1 Å². The van der Waals surface area contributed by atoms with Gasteiger partial charge in [-0.2, -0.15) is 0 Å². The van der Waals surface area contributed by atoms with Crippen molar-refractivity contribution in [3.8, 4) is 0 Å². The Morgan fingerprint density at radius 3 is 2.70 bits per heavy atom. The lowest BCUT2D eigenvalue weighted by molar-refractivity contribution is -0.143. The van der Waals surface area contributed by atoms with Crippen LogP contribution in [-0.2, 0) is 16.0 Å². The van der Waals surface area contributed by atoms with Gasteiger partial charge in [0.15, 0.2) is 0 Å². The number of esters is 1. The van der Waals surface area contributed by atoms with Crippen LogP contribution >= 0.6 is 0 Å². The zero-order valence-electron chi connectivity index (χ0n) is 14.9. The van der Waals surface area contributed by atoms with Crippen LogP contribution in [0.4, 0.5) is 0 Å². The van der Waals surface area contributed by atoms with Gasteiger partial charge in [-0.1, -0.05) is 36.4 Å². The second-order valence-electron chi connectivity index (χ2n) is 6.86. The number of aromatic amines is 1. The Bertz CT molecular complexity index is 1160. The number of hydrogen-bond acceptors (Lipinski definition) is 4. The zero-order valence-corrected chi connectivity index (χ0v) is 14.9. The average molecular weight is 357 g/mol. The summed E-state index contributed by atoms with van der Waals surface area (Å²) in [5.74, 6) is -0.241. The predicted octanol–water partition coefficient (Wildman–Crippen LogP) is 3.49. The smallest absolute Gasteiger partial charge is 0.323 e. The van der Waals surface area contributed by atoms with Crippen LogP contribution in [0.15, 0.2) is 60.8 Å². The molecule has 5 rings (SSSR count). The van der Waals surface area contributed by atoms with Crippen LogP contribution in [0.25, 0.3) is 21.8 Å². The summed E-state index contributed by atoms with van der Waals surface area (Å²) in [5, 5.41) is 5.73. The lowest BCUT2D eigenvalue weighted by atomic mass is 9.89. The molecule has 0 saturated heterocycles. The Morgan fingerprint density at radius 2 is 1.85 bits per heavy atom. The third-order valence-corrected chi connectivity index (χ3v) is 5.39. The number of aromatic nitrogens is 2. The van der Waals surface area contributed by atoms with Gasteiger partial charge in [-0.25, -0.2) is 0 Å². The molecule has 4 aromatic rings. The highest BCUT2D eigenvalue weighted by Gasteiger charge is 2.35. The lowest BCUT2D eigenvalue weighted by Gasteiger charge is -2.30. The van der Waals surface area contributed by atoms with Gasteiger partial charge in [0.2, 0.25) is 0 Å². The van der Waals surface area contributed by atoms with E-state index in [1.54, 1.807) is 0 Å². The van der Waals surface area contributed by atoms with Crippen molar-refractivity contribution in [2.24, 2.45) is 0 Å². The van der Waals surface area contributed by atoms with E-state index in [4.69, 9.17) is 4.74 Å². The molecule has 2 unspecified atom stereocenters. The SMILES string of the molecule is COC(=O)C1Cc2c([nH]c3ccccc23)C(c2ccnc3ccccc23)N1. The molecule has 134 valence electrons. The number of hydrogen-bond donors (Lipinski definition) is 2. The number of benzene rings is 2. The first-order chi connectivity index (χ1) is 13.3. The third-order valence-electron chi connectivity index (χ3n) is 5.39. The molecular formula is C22H19N3O2. The predicted molar refractivity (Wildman–Crippen MR) is 105 cm³/mol. The Hall–Kier alpha value is -3.18. The van der Waals surface area contributed by atoms with Crippen LogP contribution in [0.1, 0.15) is 22.9 Å². The number of carbonyl (C=O) groups is 1. The Morgan fingerprint density at radius 1 is 1.07 bits per heavy atom. The minimum Gasteiger partial charge on any atom is -0.468 e. The second kappa shape index (κ2) is 6.21. The number of rotatable bonds is 2. The highest BCUT2D eigenvalue weighted by Crippen LogP contribution is 2.37. The first-order valence-electron chi connectivity index (χ1n) is 9.03. The maximum atomic E-state index is 12.4.